The van der Waals surface area contributed by atoms with Crippen LogP contribution in [0.4, 0.5) is 0 Å². The molecule has 0 radical (unpaired) electrons. The zero-order valence-electron chi connectivity index (χ0n) is 9.46. The maximum absolute atomic E-state index is 9.95. The SMILES string of the molecule is CNC(C)(O)CC1Cc2ccccc2C1. The van der Waals surface area contributed by atoms with Crippen LogP contribution in [0.15, 0.2) is 24.3 Å². The molecule has 0 bridgehead atoms. The van der Waals surface area contributed by atoms with Gasteiger partial charge in [-0.2, -0.15) is 0 Å². The smallest absolute Gasteiger partial charge is 0.113 e. The van der Waals surface area contributed by atoms with Crippen molar-refractivity contribution in [2.75, 3.05) is 7.05 Å². The van der Waals surface area contributed by atoms with Crippen LogP contribution < -0.4 is 5.32 Å². The van der Waals surface area contributed by atoms with Crippen LogP contribution in [0.2, 0.25) is 0 Å². The van der Waals surface area contributed by atoms with Gasteiger partial charge >= 0.3 is 0 Å². The Morgan fingerprint density at radius 1 is 1.33 bits per heavy atom. The fraction of sp³-hybridized carbons (Fsp3) is 0.538. The van der Waals surface area contributed by atoms with Gasteiger partial charge in [0.2, 0.25) is 0 Å². The van der Waals surface area contributed by atoms with Gasteiger partial charge in [0, 0.05) is 0 Å². The summed E-state index contributed by atoms with van der Waals surface area (Å²) in [6, 6.07) is 8.59. The molecule has 2 nitrogen and oxygen atoms in total. The van der Waals surface area contributed by atoms with E-state index in [1.165, 1.54) is 11.1 Å². The summed E-state index contributed by atoms with van der Waals surface area (Å²) in [5.74, 6) is 0.574. The predicted octanol–water partition coefficient (Wildman–Crippen LogP) is 1.72. The monoisotopic (exact) mass is 205 g/mol. The lowest BCUT2D eigenvalue weighted by Crippen LogP contribution is -2.41. The lowest BCUT2D eigenvalue weighted by molar-refractivity contribution is 0.00884. The van der Waals surface area contributed by atoms with Crippen LogP contribution in [0.5, 0.6) is 0 Å². The number of hydrogen-bond acceptors (Lipinski definition) is 2. The van der Waals surface area contributed by atoms with Gasteiger partial charge in [-0.1, -0.05) is 24.3 Å². The van der Waals surface area contributed by atoms with Gasteiger partial charge < -0.3 is 5.11 Å². The van der Waals surface area contributed by atoms with E-state index in [9.17, 15) is 5.11 Å². The molecule has 1 aliphatic rings. The molecule has 0 saturated heterocycles. The van der Waals surface area contributed by atoms with E-state index in [-0.39, 0.29) is 0 Å². The third kappa shape index (κ3) is 2.39. The molecule has 0 spiro atoms. The summed E-state index contributed by atoms with van der Waals surface area (Å²) in [6.45, 7) is 1.84. The zero-order chi connectivity index (χ0) is 10.9. The normalized spacial score (nSPS) is 19.9. The average Bonchev–Trinajstić information content (AvgIpc) is 2.58. The number of aliphatic hydroxyl groups is 1. The summed E-state index contributed by atoms with van der Waals surface area (Å²) in [5.41, 5.74) is 2.18. The minimum atomic E-state index is -0.729. The third-order valence-electron chi connectivity index (χ3n) is 3.36. The Morgan fingerprint density at radius 3 is 2.33 bits per heavy atom. The van der Waals surface area contributed by atoms with Gasteiger partial charge in [-0.3, -0.25) is 5.32 Å². The molecular formula is C13H19NO. The largest absolute Gasteiger partial charge is 0.376 e. The van der Waals surface area contributed by atoms with Crippen molar-refractivity contribution in [2.45, 2.75) is 31.9 Å². The molecule has 2 N–H and O–H groups in total. The molecule has 0 aromatic heterocycles. The molecule has 0 heterocycles. The number of hydrogen-bond donors (Lipinski definition) is 2. The van der Waals surface area contributed by atoms with Crippen LogP contribution in [0, 0.1) is 5.92 Å². The van der Waals surface area contributed by atoms with Crippen molar-refractivity contribution < 1.29 is 5.11 Å². The van der Waals surface area contributed by atoms with Gasteiger partial charge in [0.05, 0.1) is 0 Å². The first-order valence-corrected chi connectivity index (χ1v) is 5.59. The van der Waals surface area contributed by atoms with Crippen LogP contribution in [-0.4, -0.2) is 17.9 Å². The Hall–Kier alpha value is -0.860. The standard InChI is InChI=1S/C13H19NO/c1-13(15,14-2)9-10-7-11-5-3-4-6-12(11)8-10/h3-6,10,14-15H,7-9H2,1-2H3. The Kier molecular flexibility index (Phi) is 2.81. The maximum Gasteiger partial charge on any atom is 0.113 e. The molecule has 0 saturated carbocycles. The zero-order valence-corrected chi connectivity index (χ0v) is 9.46. The first-order chi connectivity index (χ1) is 7.11. The van der Waals surface area contributed by atoms with Crippen LogP contribution in [-0.2, 0) is 12.8 Å². The molecule has 2 heteroatoms. The van der Waals surface area contributed by atoms with Crippen molar-refractivity contribution in [3.05, 3.63) is 35.4 Å². The molecule has 1 aromatic carbocycles. The van der Waals surface area contributed by atoms with E-state index in [1.54, 1.807) is 0 Å². The van der Waals surface area contributed by atoms with E-state index < -0.39 is 5.72 Å². The van der Waals surface area contributed by atoms with Crippen molar-refractivity contribution in [2.24, 2.45) is 5.92 Å². The Labute approximate surface area is 91.3 Å². The second-order valence-corrected chi connectivity index (χ2v) is 4.77. The molecule has 2 rings (SSSR count). The van der Waals surface area contributed by atoms with E-state index in [4.69, 9.17) is 0 Å². The highest BCUT2D eigenvalue weighted by atomic mass is 16.3. The van der Waals surface area contributed by atoms with Crippen molar-refractivity contribution in [3.8, 4) is 0 Å². The highest BCUT2D eigenvalue weighted by Gasteiger charge is 2.28. The molecule has 1 aliphatic carbocycles. The van der Waals surface area contributed by atoms with E-state index in [2.05, 4.69) is 29.6 Å². The van der Waals surface area contributed by atoms with Gasteiger partial charge in [0.1, 0.15) is 5.72 Å². The lowest BCUT2D eigenvalue weighted by Gasteiger charge is -2.25. The molecule has 0 fully saturated rings. The van der Waals surface area contributed by atoms with Gasteiger partial charge in [-0.05, 0) is 50.3 Å². The van der Waals surface area contributed by atoms with E-state index >= 15 is 0 Å². The van der Waals surface area contributed by atoms with Crippen LogP contribution in [0.3, 0.4) is 0 Å². The molecule has 15 heavy (non-hydrogen) atoms. The Bertz CT molecular complexity index is 321. The Balaban J connectivity index is 2.02. The molecule has 0 amide bonds. The highest BCUT2D eigenvalue weighted by Crippen LogP contribution is 2.30. The van der Waals surface area contributed by atoms with Crippen LogP contribution in [0.25, 0.3) is 0 Å². The molecule has 1 aromatic rings. The fourth-order valence-corrected chi connectivity index (χ4v) is 2.46. The molecule has 82 valence electrons. The van der Waals surface area contributed by atoms with Crippen molar-refractivity contribution in [1.29, 1.82) is 0 Å². The predicted molar refractivity (Wildman–Crippen MR) is 61.6 cm³/mol. The van der Waals surface area contributed by atoms with E-state index in [1.807, 2.05) is 14.0 Å². The quantitative estimate of drug-likeness (QED) is 0.736. The summed E-state index contributed by atoms with van der Waals surface area (Å²) in [7, 11) is 1.81. The Morgan fingerprint density at radius 2 is 1.87 bits per heavy atom. The molecule has 1 atom stereocenters. The minimum absolute atomic E-state index is 0.574. The lowest BCUT2D eigenvalue weighted by atomic mass is 9.95. The first kappa shape index (κ1) is 10.7. The molecule has 0 aliphatic heterocycles. The van der Waals surface area contributed by atoms with Crippen molar-refractivity contribution in [3.63, 3.8) is 0 Å². The fourth-order valence-electron chi connectivity index (χ4n) is 2.46. The summed E-state index contributed by atoms with van der Waals surface area (Å²) < 4.78 is 0. The summed E-state index contributed by atoms with van der Waals surface area (Å²) in [5, 5.41) is 12.9. The highest BCUT2D eigenvalue weighted by molar-refractivity contribution is 5.32. The van der Waals surface area contributed by atoms with Crippen LogP contribution in [0.1, 0.15) is 24.5 Å². The van der Waals surface area contributed by atoms with Gasteiger partial charge in [-0.15, -0.1) is 0 Å². The van der Waals surface area contributed by atoms with Gasteiger partial charge in [0.15, 0.2) is 0 Å². The summed E-state index contributed by atoms with van der Waals surface area (Å²) >= 11 is 0. The van der Waals surface area contributed by atoms with E-state index in [0.29, 0.717) is 5.92 Å². The third-order valence-corrected chi connectivity index (χ3v) is 3.36. The first-order valence-electron chi connectivity index (χ1n) is 5.59. The topological polar surface area (TPSA) is 32.3 Å². The average molecular weight is 205 g/mol. The summed E-state index contributed by atoms with van der Waals surface area (Å²) in [6.07, 6.45) is 3.03. The number of rotatable bonds is 3. The molecular weight excluding hydrogens is 186 g/mol. The second kappa shape index (κ2) is 3.95. The number of nitrogens with one attached hydrogen (secondary N) is 1. The number of fused-ring (bicyclic) bond motifs is 1. The van der Waals surface area contributed by atoms with Crippen molar-refractivity contribution >= 4 is 0 Å². The number of benzene rings is 1. The minimum Gasteiger partial charge on any atom is -0.376 e. The molecule has 1 unspecified atom stereocenters. The van der Waals surface area contributed by atoms with Gasteiger partial charge in [-0.25, -0.2) is 0 Å². The second-order valence-electron chi connectivity index (χ2n) is 4.77. The van der Waals surface area contributed by atoms with Crippen molar-refractivity contribution in [1.82, 2.24) is 5.32 Å². The summed E-state index contributed by atoms with van der Waals surface area (Å²) in [4.78, 5) is 0. The van der Waals surface area contributed by atoms with Gasteiger partial charge in [0.25, 0.3) is 0 Å². The maximum atomic E-state index is 9.95. The van der Waals surface area contributed by atoms with E-state index in [0.717, 1.165) is 19.3 Å². The van der Waals surface area contributed by atoms with Crippen LogP contribution >= 0.6 is 0 Å².